The van der Waals surface area contributed by atoms with E-state index in [9.17, 15) is 38.7 Å². The number of fused-ring (bicyclic) bond motifs is 2. The number of pyridine rings is 1. The first kappa shape index (κ1) is 47.0. The molecule has 0 radical (unpaired) electrons. The average molecular weight is 998 g/mol. The molecule has 0 aliphatic carbocycles. The minimum atomic E-state index is -1.18. The summed E-state index contributed by atoms with van der Waals surface area (Å²) < 4.78 is 24.9. The van der Waals surface area contributed by atoms with E-state index in [-0.39, 0.29) is 70.2 Å². The number of nitrogens with one attached hydrogen (secondary N) is 3. The van der Waals surface area contributed by atoms with E-state index in [2.05, 4.69) is 52.8 Å². The van der Waals surface area contributed by atoms with Gasteiger partial charge in [0.2, 0.25) is 23.6 Å². The summed E-state index contributed by atoms with van der Waals surface area (Å²) in [5.74, 6) is -3.85. The van der Waals surface area contributed by atoms with Crippen LogP contribution in [0.4, 0.5) is 5.69 Å². The van der Waals surface area contributed by atoms with Gasteiger partial charge < -0.3 is 34.4 Å². The molecule has 1 fully saturated rings. The van der Waals surface area contributed by atoms with Crippen molar-refractivity contribution in [3.63, 3.8) is 0 Å². The minimum Gasteiger partial charge on any atom is -0.503 e. The Morgan fingerprint density at radius 2 is 1.73 bits per heavy atom. The summed E-state index contributed by atoms with van der Waals surface area (Å²) in [6.07, 6.45) is 1.47. The summed E-state index contributed by atoms with van der Waals surface area (Å²) in [7, 11) is 1.40. The van der Waals surface area contributed by atoms with Crippen LogP contribution >= 0.6 is 31.9 Å². The molecule has 2 atom stereocenters. The summed E-state index contributed by atoms with van der Waals surface area (Å²) in [4.78, 5) is 96.6. The van der Waals surface area contributed by atoms with Crippen LogP contribution in [0.2, 0.25) is 0 Å². The van der Waals surface area contributed by atoms with E-state index in [1.54, 1.807) is 40.7 Å². The van der Waals surface area contributed by atoms with Crippen molar-refractivity contribution < 1.29 is 52.5 Å². The van der Waals surface area contributed by atoms with Gasteiger partial charge in [0.25, 0.3) is 11.8 Å². The summed E-state index contributed by atoms with van der Waals surface area (Å²) in [5, 5.41) is 17.9. The van der Waals surface area contributed by atoms with Crippen molar-refractivity contribution in [3.8, 4) is 23.0 Å². The second kappa shape index (κ2) is 17.9. The number of hydrogen-bond donors (Lipinski definition) is 4. The molecule has 17 nitrogen and oxygen atoms in total. The van der Waals surface area contributed by atoms with Crippen molar-refractivity contribution in [1.82, 2.24) is 20.5 Å². The number of anilines is 1. The molecule has 2 aliphatic heterocycles. The van der Waals surface area contributed by atoms with E-state index in [0.29, 0.717) is 26.3 Å². The average Bonchev–Trinajstić information content (AvgIpc) is 3.45. The summed E-state index contributed by atoms with van der Waals surface area (Å²) in [5.41, 5.74) is -1.87. The Bertz CT molecular complexity index is 2620. The van der Waals surface area contributed by atoms with Crippen LogP contribution in [0.3, 0.4) is 0 Å². The highest BCUT2D eigenvalue weighted by Gasteiger charge is 2.46. The third-order valence-electron chi connectivity index (χ3n) is 10.8. The second-order valence-corrected chi connectivity index (χ2v) is 19.0. The molecule has 6 rings (SSSR count). The highest BCUT2D eigenvalue weighted by atomic mass is 79.9. The molecule has 63 heavy (non-hydrogen) atoms. The van der Waals surface area contributed by atoms with Gasteiger partial charge in [0.15, 0.2) is 28.3 Å². The molecule has 0 spiro atoms. The Morgan fingerprint density at radius 1 is 1.02 bits per heavy atom. The molecule has 334 valence electrons. The van der Waals surface area contributed by atoms with E-state index in [1.165, 1.54) is 43.6 Å². The lowest BCUT2D eigenvalue weighted by molar-refractivity contribution is -0.137. The maximum absolute atomic E-state index is 13.8. The minimum absolute atomic E-state index is 0.00674. The molecular formula is C44H47Br2N5O12. The van der Waals surface area contributed by atoms with Crippen molar-refractivity contribution in [1.29, 1.82) is 0 Å². The number of hydrogen-bond acceptors (Lipinski definition) is 13. The number of aromatic nitrogens is 1. The highest BCUT2D eigenvalue weighted by molar-refractivity contribution is 9.11. The number of benzene rings is 2. The van der Waals surface area contributed by atoms with Crippen molar-refractivity contribution in [2.24, 2.45) is 5.41 Å². The highest BCUT2D eigenvalue weighted by Crippen LogP contribution is 2.42. The number of methoxy groups -OCH3 is 1. The smallest absolute Gasteiger partial charge is 0.264 e. The molecule has 19 heteroatoms. The number of carbonyl (C=O) groups excluding carboxylic acids is 6. The van der Waals surface area contributed by atoms with Gasteiger partial charge in [0.1, 0.15) is 24.4 Å². The molecule has 2 aliphatic rings. The van der Waals surface area contributed by atoms with Gasteiger partial charge in [-0.1, -0.05) is 42.8 Å². The quantitative estimate of drug-likeness (QED) is 0.105. The number of carbonyl (C=O) groups is 6. The van der Waals surface area contributed by atoms with Crippen LogP contribution in [0.25, 0.3) is 22.4 Å². The largest absolute Gasteiger partial charge is 0.503 e. The maximum atomic E-state index is 13.8. The van der Waals surface area contributed by atoms with Gasteiger partial charge in [-0.25, -0.2) is 4.98 Å². The molecule has 4 N–H and O–H groups in total. The predicted octanol–water partition coefficient (Wildman–Crippen LogP) is 6.10. The van der Waals surface area contributed by atoms with Crippen LogP contribution in [-0.2, 0) is 34.3 Å². The lowest BCUT2D eigenvalue weighted by atomic mass is 9.86. The van der Waals surface area contributed by atoms with Gasteiger partial charge in [0.05, 0.1) is 57.8 Å². The van der Waals surface area contributed by atoms with Crippen LogP contribution in [-0.4, -0.2) is 88.4 Å². The van der Waals surface area contributed by atoms with Gasteiger partial charge in [-0.15, -0.1) is 0 Å². The lowest BCUT2D eigenvalue weighted by Gasteiger charge is -2.32. The van der Waals surface area contributed by atoms with Crippen molar-refractivity contribution in [2.75, 3.05) is 25.6 Å². The third kappa shape index (κ3) is 9.85. The zero-order chi connectivity index (χ0) is 46.3. The van der Waals surface area contributed by atoms with Crippen LogP contribution in [0.5, 0.6) is 11.5 Å². The Labute approximate surface area is 378 Å². The molecule has 4 heterocycles. The van der Waals surface area contributed by atoms with Gasteiger partial charge in [-0.3, -0.25) is 43.8 Å². The Morgan fingerprint density at radius 3 is 2.40 bits per heavy atom. The summed E-state index contributed by atoms with van der Waals surface area (Å²) in [6.45, 7) is 12.3. The standard InChI is InChI=1S/C44H47Br2N5O12/c1-42(2,3)37(39(57)48-24-11-9-10-21-33(24)41(59)51(40(21)58)26-12-13-31(54)50-38(26)56)49-32(55)20-62-43(4,5)14-15-61-44(6,7)34-23(45)16-22-27(52)18-29(63-36(22)35(34)46)25-17-30(60-8)28(53)19-47-25/h9-11,16-19,26,37,53H,12-15,20H2,1-8H3,(H,48,57)(H,49,55)(H,50,54,56). The monoisotopic (exact) mass is 995 g/mol. The Hall–Kier alpha value is -5.50. The second-order valence-electron chi connectivity index (χ2n) is 17.3. The number of halogens is 2. The first-order chi connectivity index (χ1) is 29.4. The molecule has 2 unspecified atom stereocenters. The summed E-state index contributed by atoms with van der Waals surface area (Å²) in [6, 6.07) is 6.48. The van der Waals surface area contributed by atoms with E-state index >= 15 is 0 Å². The fraction of sp³-hybridized carbons (Fsp3) is 0.409. The molecule has 2 aromatic carbocycles. The first-order valence-corrected chi connectivity index (χ1v) is 21.4. The zero-order valence-electron chi connectivity index (χ0n) is 35.8. The number of ether oxygens (including phenoxy) is 3. The van der Waals surface area contributed by atoms with Crippen LogP contribution in [0, 0.1) is 5.41 Å². The van der Waals surface area contributed by atoms with E-state index in [4.69, 9.17) is 18.6 Å². The molecule has 1 saturated heterocycles. The molecule has 0 saturated carbocycles. The SMILES string of the molecule is COc1cc(-c2cc(=O)c3cc(Br)c(C(C)(C)OCCC(C)(C)OCC(=O)NC(C(=O)Nc4cccc5c4C(=O)N(C4CCC(=O)NC4=O)C5=O)C(C)(C)C)c(Br)c3o2)ncc1O. The molecule has 6 amide bonds. The molecule has 0 bridgehead atoms. The van der Waals surface area contributed by atoms with Gasteiger partial charge >= 0.3 is 0 Å². The number of aromatic hydroxyl groups is 1. The molecular weight excluding hydrogens is 950 g/mol. The van der Waals surface area contributed by atoms with Gasteiger partial charge in [0, 0.05) is 28.6 Å². The predicted molar refractivity (Wildman–Crippen MR) is 236 cm³/mol. The summed E-state index contributed by atoms with van der Waals surface area (Å²) >= 11 is 7.25. The first-order valence-electron chi connectivity index (χ1n) is 19.9. The third-order valence-corrected chi connectivity index (χ3v) is 12.1. The van der Waals surface area contributed by atoms with Crippen molar-refractivity contribution >= 4 is 84.0 Å². The lowest BCUT2D eigenvalue weighted by Crippen LogP contribution is -2.54. The van der Waals surface area contributed by atoms with Gasteiger partial charge in [-0.05, 0) is 80.1 Å². The van der Waals surface area contributed by atoms with E-state index in [1.807, 2.05) is 13.8 Å². The topological polar surface area (TPSA) is 233 Å². The van der Waals surface area contributed by atoms with E-state index in [0.717, 1.165) is 4.90 Å². The Kier molecular flexibility index (Phi) is 13.4. The van der Waals surface area contributed by atoms with Gasteiger partial charge in [-0.2, -0.15) is 0 Å². The fourth-order valence-electron chi connectivity index (χ4n) is 7.29. The Balaban J connectivity index is 1.09. The van der Waals surface area contributed by atoms with Crippen molar-refractivity contribution in [2.45, 2.75) is 91.0 Å². The normalized spacial score (nSPS) is 16.2. The number of rotatable bonds is 14. The van der Waals surface area contributed by atoms with Crippen LogP contribution in [0.1, 0.15) is 94.0 Å². The number of piperidine rings is 1. The zero-order valence-corrected chi connectivity index (χ0v) is 39.0. The number of imide groups is 2. The molecule has 2 aromatic heterocycles. The van der Waals surface area contributed by atoms with Crippen LogP contribution in [0.15, 0.2) is 60.8 Å². The molecule has 4 aromatic rings. The van der Waals surface area contributed by atoms with Crippen molar-refractivity contribution in [3.05, 3.63) is 78.5 Å². The maximum Gasteiger partial charge on any atom is 0.264 e. The number of amides is 6. The van der Waals surface area contributed by atoms with E-state index < -0.39 is 70.8 Å². The van der Waals surface area contributed by atoms with Crippen LogP contribution < -0.4 is 26.1 Å². The number of nitrogens with zero attached hydrogens (tertiary/aromatic N) is 2. The fourth-order valence-corrected chi connectivity index (χ4v) is 9.44.